The first-order chi connectivity index (χ1) is 19.9. The first kappa shape index (κ1) is 38.8. The second-order valence-corrected chi connectivity index (χ2v) is 11.2. The van der Waals surface area contributed by atoms with Crippen molar-refractivity contribution in [3.8, 4) is 0 Å². The Bertz CT molecular complexity index is 737. The molecule has 0 aliphatic rings. The van der Waals surface area contributed by atoms with Gasteiger partial charge in [0, 0.05) is 12.8 Å². The van der Waals surface area contributed by atoms with E-state index < -0.39 is 6.10 Å². The van der Waals surface area contributed by atoms with Gasteiger partial charge in [-0.3, -0.25) is 9.59 Å². The van der Waals surface area contributed by atoms with Crippen LogP contribution in [0, 0.1) is 5.92 Å². The van der Waals surface area contributed by atoms with Crippen molar-refractivity contribution in [1.29, 1.82) is 0 Å². The van der Waals surface area contributed by atoms with Crippen LogP contribution in [0.25, 0.3) is 0 Å². The summed E-state index contributed by atoms with van der Waals surface area (Å²) in [5, 5.41) is 19.2. The second kappa shape index (κ2) is 29.3. The third-order valence-corrected chi connectivity index (χ3v) is 6.62. The fourth-order valence-electron chi connectivity index (χ4n) is 4.10. The molecule has 0 amide bonds. The molecule has 0 bridgehead atoms. The van der Waals surface area contributed by atoms with Crippen LogP contribution in [0.5, 0.6) is 0 Å². The van der Waals surface area contributed by atoms with E-state index in [4.69, 9.17) is 9.47 Å². The highest BCUT2D eigenvalue weighted by Gasteiger charge is 2.15. The number of hydrogen-bond donors (Lipinski definition) is 2. The Labute approximate surface area is 251 Å². The Hall–Kier alpha value is -2.18. The molecule has 6 heteroatoms. The summed E-state index contributed by atoms with van der Waals surface area (Å²) in [5.41, 5.74) is 0. The van der Waals surface area contributed by atoms with Gasteiger partial charge in [-0.25, -0.2) is 0 Å². The zero-order valence-electron chi connectivity index (χ0n) is 26.3. The van der Waals surface area contributed by atoms with E-state index in [1.54, 1.807) is 0 Å². The molecule has 0 heterocycles. The lowest BCUT2D eigenvalue weighted by Gasteiger charge is -2.15. The zero-order valence-corrected chi connectivity index (χ0v) is 26.3. The summed E-state index contributed by atoms with van der Waals surface area (Å²) >= 11 is 0. The molecule has 6 nitrogen and oxygen atoms in total. The first-order valence-electron chi connectivity index (χ1n) is 16.1. The Morgan fingerprint density at radius 2 is 1.29 bits per heavy atom. The molecule has 0 aromatic rings. The molecule has 2 atom stereocenters. The number of rotatable bonds is 27. The lowest BCUT2D eigenvalue weighted by molar-refractivity contribution is -0.161. The number of carbonyl (C=O) groups excluding carboxylic acids is 2. The average Bonchev–Trinajstić information content (AvgIpc) is 2.95. The van der Waals surface area contributed by atoms with E-state index >= 15 is 0 Å². The van der Waals surface area contributed by atoms with Crippen molar-refractivity contribution in [1.82, 2.24) is 0 Å². The van der Waals surface area contributed by atoms with Crippen molar-refractivity contribution in [2.24, 2.45) is 5.92 Å². The van der Waals surface area contributed by atoms with Gasteiger partial charge in [-0.1, -0.05) is 121 Å². The predicted molar refractivity (Wildman–Crippen MR) is 169 cm³/mol. The number of ether oxygens (including phenoxy) is 2. The highest BCUT2D eigenvalue weighted by molar-refractivity contribution is 5.70. The number of aliphatic hydroxyl groups excluding tert-OH is 2. The van der Waals surface area contributed by atoms with Crippen molar-refractivity contribution in [3.05, 3.63) is 48.6 Å². The molecule has 0 aliphatic carbocycles. The average molecular weight is 577 g/mol. The van der Waals surface area contributed by atoms with Gasteiger partial charge in [0.05, 0.1) is 12.7 Å². The van der Waals surface area contributed by atoms with Crippen molar-refractivity contribution < 1.29 is 29.3 Å². The highest BCUT2D eigenvalue weighted by atomic mass is 16.6. The molecule has 0 aromatic carbocycles. The Morgan fingerprint density at radius 3 is 1.93 bits per heavy atom. The van der Waals surface area contributed by atoms with Crippen LogP contribution in [0.3, 0.4) is 0 Å². The van der Waals surface area contributed by atoms with Gasteiger partial charge in [-0.2, -0.15) is 0 Å². The maximum Gasteiger partial charge on any atom is 0.306 e. The van der Waals surface area contributed by atoms with E-state index in [0.717, 1.165) is 70.1 Å². The standard InChI is InChI=1S/C35H60O6/c1-4-5-25-32(37)26-21-17-12-10-8-6-7-9-11-13-19-23-28-35(39)41-33(29-36)30-40-34(38)27-22-18-15-14-16-20-24-31(2)3/h6-7,10-13,21,26,31-33,36-37H,4-5,8-9,14-20,22-25,27-30H2,1-3H3/b7-6-,12-10-,13-11-,26-21-/t32-,33+/m1/s1. The summed E-state index contributed by atoms with van der Waals surface area (Å²) < 4.78 is 10.5. The minimum Gasteiger partial charge on any atom is -0.462 e. The fraction of sp³-hybridized carbons (Fsp3) is 0.714. The number of esters is 2. The van der Waals surface area contributed by atoms with E-state index in [0.29, 0.717) is 12.8 Å². The molecule has 0 radical (unpaired) electrons. The second-order valence-electron chi connectivity index (χ2n) is 11.2. The van der Waals surface area contributed by atoms with Gasteiger partial charge < -0.3 is 19.7 Å². The van der Waals surface area contributed by atoms with Gasteiger partial charge in [0.15, 0.2) is 6.10 Å². The third kappa shape index (κ3) is 29.1. The molecule has 0 rings (SSSR count). The van der Waals surface area contributed by atoms with E-state index in [2.05, 4.69) is 57.2 Å². The number of carbonyl (C=O) groups is 2. The van der Waals surface area contributed by atoms with Crippen molar-refractivity contribution in [2.75, 3.05) is 13.2 Å². The van der Waals surface area contributed by atoms with E-state index in [1.807, 2.05) is 12.2 Å². The molecule has 0 fully saturated rings. The predicted octanol–water partition coefficient (Wildman–Crippen LogP) is 8.33. The lowest BCUT2D eigenvalue weighted by Crippen LogP contribution is -2.28. The summed E-state index contributed by atoms with van der Waals surface area (Å²) in [7, 11) is 0. The van der Waals surface area contributed by atoms with Crippen molar-refractivity contribution in [2.45, 2.75) is 142 Å². The molecular weight excluding hydrogens is 516 g/mol. The van der Waals surface area contributed by atoms with Gasteiger partial charge >= 0.3 is 11.9 Å². The maximum absolute atomic E-state index is 12.1. The maximum atomic E-state index is 12.1. The summed E-state index contributed by atoms with van der Waals surface area (Å²) in [4.78, 5) is 24.0. The SMILES string of the molecule is CCCC[C@@H](O)/C=C\C/C=C\C/C=C\C/C=C\CCCC(=O)O[C@@H](CO)COC(=O)CCCCCCCCC(C)C. The molecule has 0 unspecified atom stereocenters. The summed E-state index contributed by atoms with van der Waals surface area (Å²) in [6, 6.07) is 0. The van der Waals surface area contributed by atoms with E-state index in [9.17, 15) is 19.8 Å². The third-order valence-electron chi connectivity index (χ3n) is 6.62. The summed E-state index contributed by atoms with van der Waals surface area (Å²) in [6.45, 7) is 6.16. The Balaban J connectivity index is 3.79. The van der Waals surface area contributed by atoms with Gasteiger partial charge in [0.25, 0.3) is 0 Å². The molecular formula is C35H60O6. The molecule has 0 spiro atoms. The molecule has 0 aliphatic heterocycles. The largest absolute Gasteiger partial charge is 0.462 e. The number of aliphatic hydroxyl groups is 2. The molecule has 41 heavy (non-hydrogen) atoms. The Kier molecular flexibility index (Phi) is 27.8. The number of unbranched alkanes of at least 4 members (excludes halogenated alkanes) is 7. The van der Waals surface area contributed by atoms with Crippen LogP contribution in [0.15, 0.2) is 48.6 Å². The summed E-state index contributed by atoms with van der Waals surface area (Å²) in [5.74, 6) is 0.0750. The minimum atomic E-state index is -0.810. The first-order valence-corrected chi connectivity index (χ1v) is 16.1. The van der Waals surface area contributed by atoms with Crippen LogP contribution in [0.1, 0.15) is 130 Å². The van der Waals surface area contributed by atoms with Crippen LogP contribution in [-0.2, 0) is 19.1 Å². The Morgan fingerprint density at radius 1 is 0.707 bits per heavy atom. The molecule has 236 valence electrons. The van der Waals surface area contributed by atoms with Crippen molar-refractivity contribution in [3.63, 3.8) is 0 Å². The molecule has 0 saturated heterocycles. The monoisotopic (exact) mass is 576 g/mol. The van der Waals surface area contributed by atoms with Gasteiger partial charge in [-0.15, -0.1) is 0 Å². The number of allylic oxidation sites excluding steroid dienone is 7. The van der Waals surface area contributed by atoms with Crippen LogP contribution in [-0.4, -0.2) is 47.6 Å². The summed E-state index contributed by atoms with van der Waals surface area (Å²) in [6.07, 6.45) is 30.9. The molecule has 0 saturated carbocycles. The van der Waals surface area contributed by atoms with Gasteiger partial charge in [-0.05, 0) is 50.9 Å². The lowest BCUT2D eigenvalue weighted by atomic mass is 10.0. The quantitative estimate of drug-likeness (QED) is 0.0580. The highest BCUT2D eigenvalue weighted by Crippen LogP contribution is 2.12. The fourth-order valence-corrected chi connectivity index (χ4v) is 4.10. The van der Waals surface area contributed by atoms with Gasteiger partial charge in [0.1, 0.15) is 6.61 Å². The molecule has 0 aromatic heterocycles. The van der Waals surface area contributed by atoms with Crippen LogP contribution >= 0.6 is 0 Å². The van der Waals surface area contributed by atoms with Crippen LogP contribution < -0.4 is 0 Å². The van der Waals surface area contributed by atoms with E-state index in [-0.39, 0.29) is 37.7 Å². The minimum absolute atomic E-state index is 0.101. The van der Waals surface area contributed by atoms with E-state index in [1.165, 1.54) is 25.7 Å². The normalized spacial score (nSPS) is 13.7. The van der Waals surface area contributed by atoms with Crippen LogP contribution in [0.2, 0.25) is 0 Å². The smallest absolute Gasteiger partial charge is 0.306 e. The van der Waals surface area contributed by atoms with Crippen molar-refractivity contribution >= 4 is 11.9 Å². The van der Waals surface area contributed by atoms with Gasteiger partial charge in [0.2, 0.25) is 0 Å². The zero-order chi connectivity index (χ0) is 30.4. The number of hydrogen-bond acceptors (Lipinski definition) is 6. The van der Waals surface area contributed by atoms with Crippen LogP contribution in [0.4, 0.5) is 0 Å². The topological polar surface area (TPSA) is 93.1 Å². The molecule has 2 N–H and O–H groups in total.